The van der Waals surface area contributed by atoms with Gasteiger partial charge in [0.25, 0.3) is 0 Å². The highest BCUT2D eigenvalue weighted by atomic mass is 32.2. The molecule has 0 saturated carbocycles. The van der Waals surface area contributed by atoms with Crippen LogP contribution in [0.1, 0.15) is 49.5 Å². The summed E-state index contributed by atoms with van der Waals surface area (Å²) in [5, 5.41) is 17.1. The third kappa shape index (κ3) is 7.53. The summed E-state index contributed by atoms with van der Waals surface area (Å²) in [5.41, 5.74) is 0.607. The quantitative estimate of drug-likeness (QED) is 0.662. The topological polar surface area (TPSA) is 109 Å². The van der Waals surface area contributed by atoms with Gasteiger partial charge in [0.15, 0.2) is 0 Å². The molecule has 0 heterocycles. The molecule has 6 nitrogen and oxygen atoms in total. The fourth-order valence-electron chi connectivity index (χ4n) is 1.79. The molecule has 0 saturated heterocycles. The Morgan fingerprint density at radius 1 is 1.23 bits per heavy atom. The second kappa shape index (κ2) is 10.3. The van der Waals surface area contributed by atoms with E-state index in [9.17, 15) is 13.2 Å². The summed E-state index contributed by atoms with van der Waals surface area (Å²) in [5.74, 6) is -1.07. The van der Waals surface area contributed by atoms with Crippen LogP contribution < -0.4 is 10.5 Å². The maximum Gasteiger partial charge on any atom is 0.335 e. The van der Waals surface area contributed by atoms with Crippen molar-refractivity contribution in [1.82, 2.24) is 5.32 Å². The van der Waals surface area contributed by atoms with Crippen molar-refractivity contribution in [2.45, 2.75) is 44.9 Å². The summed E-state index contributed by atoms with van der Waals surface area (Å²) >= 11 is 0. The fraction of sp³-hybridized carbons (Fsp3) is 0.533. The number of carbonyl (C=O) groups is 1. The molecule has 0 aliphatic heterocycles. The van der Waals surface area contributed by atoms with Crippen LogP contribution in [0.4, 0.5) is 0 Å². The van der Waals surface area contributed by atoms with Gasteiger partial charge in [-0.3, -0.25) is 0 Å². The highest BCUT2D eigenvalue weighted by Crippen LogP contribution is 2.17. The fourth-order valence-corrected chi connectivity index (χ4v) is 2.35. The first-order chi connectivity index (χ1) is 10.3. The van der Waals surface area contributed by atoms with Gasteiger partial charge in [0.1, 0.15) is 0 Å². The van der Waals surface area contributed by atoms with Crippen LogP contribution in [0.5, 0.6) is 0 Å². The van der Waals surface area contributed by atoms with Crippen molar-refractivity contribution in [3.8, 4) is 0 Å². The van der Waals surface area contributed by atoms with Gasteiger partial charge in [-0.15, -0.1) is 0 Å². The Kier molecular flexibility index (Phi) is 9.64. The third-order valence-corrected chi connectivity index (χ3v) is 3.74. The number of hydrogen-bond donors (Lipinski definition) is 3. The van der Waals surface area contributed by atoms with Crippen molar-refractivity contribution >= 4 is 16.0 Å². The van der Waals surface area contributed by atoms with E-state index in [2.05, 4.69) is 19.2 Å². The molecule has 4 N–H and O–H groups in total. The number of aromatic carboxylic acids is 1. The maximum atomic E-state index is 11.1. The Morgan fingerprint density at radius 3 is 2.23 bits per heavy atom. The van der Waals surface area contributed by atoms with Gasteiger partial charge in [-0.05, 0) is 49.7 Å². The van der Waals surface area contributed by atoms with Gasteiger partial charge in [-0.1, -0.05) is 27.2 Å². The highest BCUT2D eigenvalue weighted by Gasteiger charge is 2.14. The van der Waals surface area contributed by atoms with Crippen molar-refractivity contribution in [3.63, 3.8) is 0 Å². The zero-order valence-electron chi connectivity index (χ0n) is 13.4. The highest BCUT2D eigenvalue weighted by molar-refractivity contribution is 7.89. The number of benzene rings is 1. The summed E-state index contributed by atoms with van der Waals surface area (Å²) in [7, 11) is -3.78. The largest absolute Gasteiger partial charge is 0.478 e. The number of aryl methyl sites for hydroxylation is 1. The number of nitrogens with one attached hydrogen (secondary N) is 1. The first-order valence-electron chi connectivity index (χ1n) is 7.37. The van der Waals surface area contributed by atoms with Crippen LogP contribution in [-0.2, 0) is 16.4 Å². The van der Waals surface area contributed by atoms with Crippen LogP contribution in [0.2, 0.25) is 0 Å². The van der Waals surface area contributed by atoms with E-state index in [0.29, 0.717) is 12.0 Å². The van der Waals surface area contributed by atoms with Gasteiger partial charge in [0, 0.05) is 0 Å². The monoisotopic (exact) mass is 330 g/mol. The molecular weight excluding hydrogens is 304 g/mol. The maximum absolute atomic E-state index is 11.1. The van der Waals surface area contributed by atoms with E-state index in [1.165, 1.54) is 24.6 Å². The summed E-state index contributed by atoms with van der Waals surface area (Å²) in [6.07, 6.45) is 2.48. The molecule has 0 unspecified atom stereocenters. The molecule has 0 fully saturated rings. The van der Waals surface area contributed by atoms with Crippen LogP contribution in [0, 0.1) is 0 Å². The molecule has 0 atom stereocenters. The Labute approximate surface area is 132 Å². The van der Waals surface area contributed by atoms with Gasteiger partial charge in [0.05, 0.1) is 10.5 Å². The number of primary sulfonamides is 1. The average molecular weight is 330 g/mol. The first-order valence-corrected chi connectivity index (χ1v) is 8.92. The zero-order chi connectivity index (χ0) is 17.2. The Bertz CT molecular complexity index is 567. The van der Waals surface area contributed by atoms with Crippen molar-refractivity contribution in [1.29, 1.82) is 0 Å². The Morgan fingerprint density at radius 2 is 1.86 bits per heavy atom. The number of sulfonamides is 1. The standard InChI is InChI=1S/C10H13NO4S.C5H13N/c1-2-3-7-6-8(16(11,14)15)4-5-9(7)10(12)13;1-3-5-6-4-2/h4-6H,2-3H2,1H3,(H,12,13)(H2,11,14,15);6H,3-5H2,1-2H3. The summed E-state index contributed by atoms with van der Waals surface area (Å²) in [4.78, 5) is 10.8. The number of hydrogen-bond acceptors (Lipinski definition) is 4. The van der Waals surface area contributed by atoms with Crippen LogP contribution in [0.3, 0.4) is 0 Å². The van der Waals surface area contributed by atoms with Gasteiger partial charge in [-0.2, -0.15) is 0 Å². The first kappa shape index (κ1) is 20.6. The molecule has 0 aromatic heterocycles. The molecule has 0 amide bonds. The minimum absolute atomic E-state index is 0.0547. The molecule has 1 aromatic carbocycles. The molecule has 0 aliphatic carbocycles. The lowest BCUT2D eigenvalue weighted by Crippen LogP contribution is -2.13. The number of nitrogens with two attached hydrogens (primary N) is 1. The number of rotatable bonds is 7. The summed E-state index contributed by atoms with van der Waals surface area (Å²) in [6, 6.07) is 3.80. The van der Waals surface area contributed by atoms with E-state index in [1.807, 2.05) is 6.92 Å². The predicted octanol–water partition coefficient (Wildman–Crippen LogP) is 1.99. The van der Waals surface area contributed by atoms with Crippen LogP contribution in [0.15, 0.2) is 23.1 Å². The van der Waals surface area contributed by atoms with E-state index in [0.717, 1.165) is 19.5 Å². The van der Waals surface area contributed by atoms with E-state index in [-0.39, 0.29) is 10.5 Å². The van der Waals surface area contributed by atoms with Crippen molar-refractivity contribution in [3.05, 3.63) is 29.3 Å². The average Bonchev–Trinajstić information content (AvgIpc) is 2.45. The molecule has 0 aliphatic rings. The van der Waals surface area contributed by atoms with Crippen molar-refractivity contribution < 1.29 is 18.3 Å². The second-order valence-corrected chi connectivity index (χ2v) is 6.33. The van der Waals surface area contributed by atoms with Crippen molar-refractivity contribution in [2.75, 3.05) is 13.1 Å². The van der Waals surface area contributed by atoms with Crippen LogP contribution >= 0.6 is 0 Å². The summed E-state index contributed by atoms with van der Waals surface area (Å²) in [6.45, 7) is 8.44. The van der Waals surface area contributed by atoms with Crippen LogP contribution in [-0.4, -0.2) is 32.6 Å². The normalized spacial score (nSPS) is 10.7. The van der Waals surface area contributed by atoms with Crippen molar-refractivity contribution in [2.24, 2.45) is 5.14 Å². The Balaban J connectivity index is 0.000000626. The molecule has 7 heteroatoms. The van der Waals surface area contributed by atoms with Gasteiger partial charge < -0.3 is 10.4 Å². The molecule has 1 rings (SSSR count). The molecule has 22 heavy (non-hydrogen) atoms. The van der Waals surface area contributed by atoms with E-state index >= 15 is 0 Å². The van der Waals surface area contributed by atoms with E-state index in [4.69, 9.17) is 10.2 Å². The SMILES string of the molecule is CCCNCC.CCCc1cc(S(N)(=O)=O)ccc1C(=O)O. The van der Waals surface area contributed by atoms with Gasteiger partial charge in [-0.25, -0.2) is 18.4 Å². The van der Waals surface area contributed by atoms with Gasteiger partial charge >= 0.3 is 5.97 Å². The Hall–Kier alpha value is -1.44. The molecule has 126 valence electrons. The minimum Gasteiger partial charge on any atom is -0.478 e. The van der Waals surface area contributed by atoms with Gasteiger partial charge in [0.2, 0.25) is 10.0 Å². The number of carboxylic acid groups (broad SMARTS) is 1. The lowest BCUT2D eigenvalue weighted by Gasteiger charge is -2.06. The zero-order valence-corrected chi connectivity index (χ0v) is 14.2. The lowest BCUT2D eigenvalue weighted by atomic mass is 10.0. The molecule has 0 bridgehead atoms. The molecule has 0 spiro atoms. The van der Waals surface area contributed by atoms with E-state index < -0.39 is 16.0 Å². The lowest BCUT2D eigenvalue weighted by molar-refractivity contribution is 0.0695. The third-order valence-electron chi connectivity index (χ3n) is 2.83. The number of carboxylic acids is 1. The minimum atomic E-state index is -3.78. The van der Waals surface area contributed by atoms with Crippen LogP contribution in [0.25, 0.3) is 0 Å². The molecular formula is C15H26N2O4S. The predicted molar refractivity (Wildman–Crippen MR) is 87.6 cm³/mol. The molecule has 0 radical (unpaired) electrons. The second-order valence-electron chi connectivity index (χ2n) is 4.77. The van der Waals surface area contributed by atoms with E-state index in [1.54, 1.807) is 0 Å². The smallest absolute Gasteiger partial charge is 0.335 e. The summed E-state index contributed by atoms with van der Waals surface area (Å²) < 4.78 is 22.2. The molecule has 1 aromatic rings.